The highest BCUT2D eigenvalue weighted by Gasteiger charge is 2.10. The Hall–Kier alpha value is -2.70. The lowest BCUT2D eigenvalue weighted by molar-refractivity contribution is 0.282. The third kappa shape index (κ3) is 3.70. The van der Waals surface area contributed by atoms with Crippen molar-refractivity contribution in [3.05, 3.63) is 66.4 Å². The second-order valence-electron chi connectivity index (χ2n) is 5.81. The third-order valence-corrected chi connectivity index (χ3v) is 5.08. The Bertz CT molecular complexity index is 1010. The Balaban J connectivity index is 2.04. The largest absolute Gasteiger partial charge is 0.392 e. The van der Waals surface area contributed by atoms with E-state index >= 15 is 0 Å². The molecule has 1 aromatic heterocycles. The van der Waals surface area contributed by atoms with Crippen molar-refractivity contribution in [3.8, 4) is 22.3 Å². The number of nitrogens with two attached hydrogens (primary N) is 1. The van der Waals surface area contributed by atoms with Crippen LogP contribution in [-0.4, -0.2) is 24.8 Å². The highest BCUT2D eigenvalue weighted by atomic mass is 32.2. The number of rotatable bonds is 4. The van der Waals surface area contributed by atoms with Crippen molar-refractivity contribution in [3.63, 3.8) is 0 Å². The maximum Gasteiger partial charge on any atom is 0.175 e. The van der Waals surface area contributed by atoms with Gasteiger partial charge in [0.2, 0.25) is 0 Å². The lowest BCUT2D eigenvalue weighted by Gasteiger charge is -2.10. The first-order valence-electron chi connectivity index (χ1n) is 7.64. The van der Waals surface area contributed by atoms with Crippen LogP contribution in [0.5, 0.6) is 0 Å². The maximum atomic E-state index is 11.6. The van der Waals surface area contributed by atoms with Gasteiger partial charge in [-0.3, -0.25) is 0 Å². The molecule has 0 aliphatic rings. The minimum absolute atomic E-state index is 0.0478. The molecule has 0 fully saturated rings. The summed E-state index contributed by atoms with van der Waals surface area (Å²) < 4.78 is 23.2. The van der Waals surface area contributed by atoms with Crippen LogP contribution in [0.25, 0.3) is 22.3 Å². The number of sulfone groups is 1. The Kier molecular flexibility index (Phi) is 4.57. The van der Waals surface area contributed by atoms with Gasteiger partial charge in [-0.15, -0.1) is 0 Å². The number of hydrogen-bond acceptors (Lipinski definition) is 5. The van der Waals surface area contributed by atoms with E-state index in [4.69, 9.17) is 5.73 Å². The fourth-order valence-corrected chi connectivity index (χ4v) is 3.23. The maximum absolute atomic E-state index is 11.6. The van der Waals surface area contributed by atoms with Crippen LogP contribution >= 0.6 is 0 Å². The molecule has 1 heterocycles. The van der Waals surface area contributed by atoms with Crippen molar-refractivity contribution in [2.45, 2.75) is 11.5 Å². The van der Waals surface area contributed by atoms with Gasteiger partial charge in [-0.2, -0.15) is 0 Å². The number of hydrogen-bond donors (Lipinski definition) is 2. The lowest BCUT2D eigenvalue weighted by Crippen LogP contribution is -1.97. The van der Waals surface area contributed by atoms with Gasteiger partial charge in [0.15, 0.2) is 9.84 Å². The number of aromatic nitrogens is 1. The molecule has 128 valence electrons. The molecule has 0 radical (unpaired) electrons. The first kappa shape index (κ1) is 17.1. The molecule has 0 bridgehead atoms. The van der Waals surface area contributed by atoms with Crippen molar-refractivity contribution >= 4 is 15.7 Å². The summed E-state index contributed by atoms with van der Waals surface area (Å²) in [6.07, 6.45) is 2.84. The minimum atomic E-state index is -3.23. The monoisotopic (exact) mass is 354 g/mol. The predicted octanol–water partition coefficient (Wildman–Crippen LogP) is 2.89. The van der Waals surface area contributed by atoms with E-state index in [1.807, 2.05) is 30.3 Å². The van der Waals surface area contributed by atoms with Gasteiger partial charge < -0.3 is 10.8 Å². The quantitative estimate of drug-likeness (QED) is 0.751. The zero-order valence-electron chi connectivity index (χ0n) is 13.7. The lowest BCUT2D eigenvalue weighted by atomic mass is 10.00. The fraction of sp³-hybridized carbons (Fsp3) is 0.105. The summed E-state index contributed by atoms with van der Waals surface area (Å²) in [4.78, 5) is 4.53. The van der Waals surface area contributed by atoms with E-state index in [0.717, 1.165) is 27.8 Å². The Morgan fingerprint density at radius 1 is 1.00 bits per heavy atom. The second kappa shape index (κ2) is 6.66. The molecular formula is C19H18N2O3S. The molecule has 5 nitrogen and oxygen atoms in total. The molecular weight excluding hydrogens is 336 g/mol. The molecule has 0 aliphatic heterocycles. The normalized spacial score (nSPS) is 11.4. The van der Waals surface area contributed by atoms with Crippen molar-refractivity contribution in [2.24, 2.45) is 0 Å². The second-order valence-corrected chi connectivity index (χ2v) is 7.83. The standard InChI is InChI=1S/C19H18N2O3S/c1-25(23,24)17-7-5-14(6-8-17)16-10-18(19(20)21-11-16)15-4-2-3-13(9-15)12-22/h2-11,22H,12H2,1H3,(H2,20,21). The van der Waals surface area contributed by atoms with E-state index in [-0.39, 0.29) is 11.5 Å². The summed E-state index contributed by atoms with van der Waals surface area (Å²) >= 11 is 0. The van der Waals surface area contributed by atoms with Gasteiger partial charge in [-0.05, 0) is 41.0 Å². The number of anilines is 1. The molecule has 3 N–H and O–H groups in total. The number of nitrogen functional groups attached to an aromatic ring is 1. The van der Waals surface area contributed by atoms with E-state index < -0.39 is 9.84 Å². The van der Waals surface area contributed by atoms with Crippen LogP contribution in [0.1, 0.15) is 5.56 Å². The van der Waals surface area contributed by atoms with Crippen LogP contribution in [-0.2, 0) is 16.4 Å². The van der Waals surface area contributed by atoms with Gasteiger partial charge in [0.25, 0.3) is 0 Å². The number of aliphatic hydroxyl groups is 1. The van der Waals surface area contributed by atoms with E-state index in [1.54, 1.807) is 30.5 Å². The molecule has 0 amide bonds. The van der Waals surface area contributed by atoms with E-state index in [1.165, 1.54) is 6.26 Å². The average Bonchev–Trinajstić information content (AvgIpc) is 2.61. The zero-order chi connectivity index (χ0) is 18.0. The van der Waals surface area contributed by atoms with Crippen molar-refractivity contribution in [1.82, 2.24) is 4.98 Å². The molecule has 2 aromatic carbocycles. The SMILES string of the molecule is CS(=O)(=O)c1ccc(-c2cnc(N)c(-c3cccc(CO)c3)c2)cc1. The van der Waals surface area contributed by atoms with Crippen LogP contribution in [0, 0.1) is 0 Å². The van der Waals surface area contributed by atoms with Gasteiger partial charge in [-0.25, -0.2) is 13.4 Å². The van der Waals surface area contributed by atoms with Crippen LogP contribution in [0.3, 0.4) is 0 Å². The first-order chi connectivity index (χ1) is 11.9. The molecule has 25 heavy (non-hydrogen) atoms. The summed E-state index contributed by atoms with van der Waals surface area (Å²) in [6.45, 7) is -0.0478. The summed E-state index contributed by atoms with van der Waals surface area (Å²) in [7, 11) is -3.23. The Labute approximate surface area is 146 Å². The van der Waals surface area contributed by atoms with Gasteiger partial charge in [0, 0.05) is 23.6 Å². The highest BCUT2D eigenvalue weighted by Crippen LogP contribution is 2.30. The smallest absolute Gasteiger partial charge is 0.175 e. The molecule has 0 saturated carbocycles. The molecule has 0 saturated heterocycles. The van der Waals surface area contributed by atoms with Crippen molar-refractivity contribution in [1.29, 1.82) is 0 Å². The molecule has 0 spiro atoms. The topological polar surface area (TPSA) is 93.3 Å². The first-order valence-corrected chi connectivity index (χ1v) is 9.54. The minimum Gasteiger partial charge on any atom is -0.392 e. The molecule has 3 aromatic rings. The summed E-state index contributed by atoms with van der Waals surface area (Å²) in [6, 6.07) is 16.0. The summed E-state index contributed by atoms with van der Waals surface area (Å²) in [5.41, 5.74) is 10.1. The molecule has 6 heteroatoms. The highest BCUT2D eigenvalue weighted by molar-refractivity contribution is 7.90. The number of benzene rings is 2. The van der Waals surface area contributed by atoms with Crippen LogP contribution in [0.15, 0.2) is 65.7 Å². The molecule has 0 unspecified atom stereocenters. The zero-order valence-corrected chi connectivity index (χ0v) is 14.5. The van der Waals surface area contributed by atoms with Crippen LogP contribution in [0.4, 0.5) is 5.82 Å². The van der Waals surface area contributed by atoms with Crippen LogP contribution in [0.2, 0.25) is 0 Å². The Morgan fingerprint density at radius 3 is 2.36 bits per heavy atom. The summed E-state index contributed by atoms with van der Waals surface area (Å²) in [5.74, 6) is 0.395. The van der Waals surface area contributed by atoms with Crippen molar-refractivity contribution < 1.29 is 13.5 Å². The van der Waals surface area contributed by atoms with Crippen LogP contribution < -0.4 is 5.73 Å². The number of pyridine rings is 1. The van der Waals surface area contributed by atoms with Gasteiger partial charge >= 0.3 is 0 Å². The number of aliphatic hydroxyl groups excluding tert-OH is 1. The van der Waals surface area contributed by atoms with E-state index in [2.05, 4.69) is 4.98 Å². The van der Waals surface area contributed by atoms with E-state index in [0.29, 0.717) is 5.82 Å². The molecule has 0 atom stereocenters. The van der Waals surface area contributed by atoms with Gasteiger partial charge in [0.05, 0.1) is 11.5 Å². The summed E-state index contributed by atoms with van der Waals surface area (Å²) in [5, 5.41) is 9.31. The fourth-order valence-electron chi connectivity index (χ4n) is 2.60. The third-order valence-electron chi connectivity index (χ3n) is 3.95. The van der Waals surface area contributed by atoms with Gasteiger partial charge in [0.1, 0.15) is 5.82 Å². The predicted molar refractivity (Wildman–Crippen MR) is 98.6 cm³/mol. The van der Waals surface area contributed by atoms with Gasteiger partial charge in [-0.1, -0.05) is 30.3 Å². The van der Waals surface area contributed by atoms with E-state index in [9.17, 15) is 13.5 Å². The molecule has 0 aliphatic carbocycles. The molecule has 3 rings (SSSR count). The number of nitrogens with zero attached hydrogens (tertiary/aromatic N) is 1. The average molecular weight is 354 g/mol. The Morgan fingerprint density at radius 2 is 1.72 bits per heavy atom. The van der Waals surface area contributed by atoms with Crippen molar-refractivity contribution in [2.75, 3.05) is 12.0 Å².